The van der Waals surface area contributed by atoms with Crippen molar-refractivity contribution in [1.82, 2.24) is 9.88 Å². The number of ether oxygens (including phenoxy) is 1. The number of carbonyl (C=O) groups excluding carboxylic acids is 2. The van der Waals surface area contributed by atoms with Crippen LogP contribution in [0, 0.1) is 11.7 Å². The molecule has 3 saturated carbocycles. The van der Waals surface area contributed by atoms with Crippen LogP contribution in [0.5, 0.6) is 0 Å². The Morgan fingerprint density at radius 3 is 2.62 bits per heavy atom. The molecule has 12 heteroatoms. The molecule has 3 aliphatic carbocycles. The Balaban J connectivity index is 1.03. The largest absolute Gasteiger partial charge is 0.392 e. The first-order valence-corrected chi connectivity index (χ1v) is 17.5. The summed E-state index contributed by atoms with van der Waals surface area (Å²) in [5, 5.41) is 17.4. The molecule has 0 radical (unpaired) electrons. The zero-order valence-corrected chi connectivity index (χ0v) is 27.0. The highest BCUT2D eigenvalue weighted by molar-refractivity contribution is 8.14. The number of nitrogens with one attached hydrogen (secondary N) is 1. The lowest BCUT2D eigenvalue weighted by Crippen LogP contribution is -2.43. The third kappa shape index (κ3) is 5.73. The second-order valence-corrected chi connectivity index (χ2v) is 15.1. The normalized spacial score (nSPS) is 26.6. The Labute approximate surface area is 273 Å². The molecule has 4 fully saturated rings. The monoisotopic (exact) mass is 673 g/mol. The van der Waals surface area contributed by atoms with Crippen molar-refractivity contribution in [3.63, 3.8) is 0 Å². The maximum atomic E-state index is 15.3. The van der Waals surface area contributed by atoms with Crippen molar-refractivity contribution in [3.05, 3.63) is 69.1 Å². The summed E-state index contributed by atoms with van der Waals surface area (Å²) in [4.78, 5) is 28.2. The van der Waals surface area contributed by atoms with Gasteiger partial charge in [0.15, 0.2) is 0 Å². The summed E-state index contributed by atoms with van der Waals surface area (Å²) >= 11 is 13.0. The van der Waals surface area contributed by atoms with Crippen molar-refractivity contribution in [2.75, 3.05) is 4.90 Å². The molecule has 3 aromatic rings. The van der Waals surface area contributed by atoms with Gasteiger partial charge in [0.1, 0.15) is 17.3 Å². The average Bonchev–Trinajstić information content (AvgIpc) is 3.29. The molecule has 2 bridgehead atoms. The van der Waals surface area contributed by atoms with Gasteiger partial charge in [-0.15, -0.1) is 0 Å². The van der Waals surface area contributed by atoms with E-state index in [1.54, 1.807) is 29.2 Å². The van der Waals surface area contributed by atoms with E-state index in [4.69, 9.17) is 32.5 Å². The van der Waals surface area contributed by atoms with Gasteiger partial charge < -0.3 is 24.0 Å². The predicted molar refractivity (Wildman–Crippen MR) is 173 cm³/mol. The van der Waals surface area contributed by atoms with Gasteiger partial charge in [0.05, 0.1) is 40.3 Å². The van der Waals surface area contributed by atoms with E-state index in [1.165, 1.54) is 12.1 Å². The fraction of sp³-hybridized carbons (Fsp3) is 0.455. The number of hydrogen-bond donors (Lipinski definition) is 2. The molecule has 1 aliphatic heterocycles. The van der Waals surface area contributed by atoms with Gasteiger partial charge in [-0.2, -0.15) is 0 Å². The van der Waals surface area contributed by atoms with Crippen LogP contribution in [0.4, 0.5) is 10.1 Å². The van der Waals surface area contributed by atoms with E-state index >= 15 is 4.39 Å². The second kappa shape index (κ2) is 12.4. The molecule has 238 valence electrons. The Morgan fingerprint density at radius 2 is 1.98 bits per heavy atom. The molecule has 2 aromatic carbocycles. The highest BCUT2D eigenvalue weighted by Gasteiger charge is 2.52. The second-order valence-electron chi connectivity index (χ2n) is 12.3. The topological polar surface area (TPSA) is 105 Å². The minimum absolute atomic E-state index is 0.0557. The number of amides is 2. The fourth-order valence-corrected chi connectivity index (χ4v) is 9.49. The Kier molecular flexibility index (Phi) is 8.54. The van der Waals surface area contributed by atoms with Gasteiger partial charge in [-0.05, 0) is 87.6 Å². The van der Waals surface area contributed by atoms with Crippen molar-refractivity contribution in [2.24, 2.45) is 5.92 Å². The lowest BCUT2D eigenvalue weighted by atomic mass is 10.0. The zero-order chi connectivity index (χ0) is 31.4. The van der Waals surface area contributed by atoms with E-state index in [0.29, 0.717) is 46.3 Å². The maximum Gasteiger partial charge on any atom is 0.263 e. The van der Waals surface area contributed by atoms with Gasteiger partial charge in [0.25, 0.3) is 5.91 Å². The first-order chi connectivity index (χ1) is 21.7. The molecule has 1 saturated heterocycles. The van der Waals surface area contributed by atoms with E-state index in [1.807, 2.05) is 12.3 Å². The van der Waals surface area contributed by atoms with E-state index in [9.17, 15) is 14.7 Å². The predicted octanol–water partition coefficient (Wildman–Crippen LogP) is 7.02. The van der Waals surface area contributed by atoms with E-state index in [2.05, 4.69) is 9.88 Å². The smallest absolute Gasteiger partial charge is 0.263 e. The average molecular weight is 675 g/mol. The molecule has 7 rings (SSSR count). The number of hydrogen-bond acceptors (Lipinski definition) is 6. The molecule has 2 amide bonds. The van der Waals surface area contributed by atoms with Crippen LogP contribution in [-0.4, -0.2) is 50.9 Å². The van der Waals surface area contributed by atoms with Crippen molar-refractivity contribution in [1.29, 1.82) is 0 Å². The number of piperidine rings is 1. The number of carbonyl (C=O) groups is 2. The van der Waals surface area contributed by atoms with E-state index in [0.717, 1.165) is 37.0 Å². The first-order valence-electron chi connectivity index (χ1n) is 15.4. The van der Waals surface area contributed by atoms with Crippen LogP contribution < -0.4 is 9.62 Å². The van der Waals surface area contributed by atoms with Crippen molar-refractivity contribution >= 4 is 56.7 Å². The van der Waals surface area contributed by atoms with E-state index in [-0.39, 0.29) is 47.3 Å². The van der Waals surface area contributed by atoms with Gasteiger partial charge in [-0.3, -0.25) is 9.59 Å². The number of halogens is 3. The third-order valence-corrected chi connectivity index (χ3v) is 12.3. The summed E-state index contributed by atoms with van der Waals surface area (Å²) in [6.45, 7) is 2.05. The Hall–Kier alpha value is -2.76. The first kappa shape index (κ1) is 30.9. The van der Waals surface area contributed by atoms with Gasteiger partial charge in [-0.1, -0.05) is 45.1 Å². The molecule has 2 heterocycles. The van der Waals surface area contributed by atoms with Gasteiger partial charge in [-0.25, -0.2) is 4.39 Å². The standard InChI is InChI=1S/C33H34Cl2FN3O5S/c1-2-45(28-8-4-7-26(28)40)38-32(41)20-12-11-18(14-25(20)36)39-19-13-21(33(39)42)27(15-19)43-16-22-30(37-44-31(22)17-9-10-17)29-23(34)5-3-6-24(29)35/h2-3,5-6,11-12,14,17,19,21,26-28,40H,4,7-10,13,15-16H2,1H3,(H,38,41)/t19-,21+,26+,27+,28+,45?/m0/s1. The number of benzene rings is 2. The van der Waals surface area contributed by atoms with Crippen LogP contribution in [-0.2, 0) is 16.1 Å². The molecule has 0 spiro atoms. The molecule has 6 atom stereocenters. The zero-order valence-electron chi connectivity index (χ0n) is 24.7. The lowest BCUT2D eigenvalue weighted by molar-refractivity contribution is -0.126. The van der Waals surface area contributed by atoms with Gasteiger partial charge >= 0.3 is 0 Å². The molecule has 45 heavy (non-hydrogen) atoms. The number of fused-ring (bicyclic) bond motifs is 2. The summed E-state index contributed by atoms with van der Waals surface area (Å²) in [6.07, 6.45) is 4.88. The van der Waals surface area contributed by atoms with Crippen molar-refractivity contribution in [2.45, 2.75) is 87.9 Å². The van der Waals surface area contributed by atoms with Crippen molar-refractivity contribution in [3.8, 4) is 11.3 Å². The molecule has 1 unspecified atom stereocenters. The number of anilines is 1. The summed E-state index contributed by atoms with van der Waals surface area (Å²) in [5.41, 5.74) is 2.31. The third-order valence-electron chi connectivity index (χ3n) is 9.49. The molecular weight excluding hydrogens is 640 g/mol. The molecule has 2 N–H and O–H groups in total. The highest BCUT2D eigenvalue weighted by Crippen LogP contribution is 2.48. The summed E-state index contributed by atoms with van der Waals surface area (Å²) in [5.74, 6) is -0.640. The van der Waals surface area contributed by atoms with Crippen LogP contribution in [0.25, 0.3) is 11.3 Å². The van der Waals surface area contributed by atoms with Gasteiger partial charge in [0, 0.05) is 34.0 Å². The quantitative estimate of drug-likeness (QED) is 0.237. The summed E-state index contributed by atoms with van der Waals surface area (Å²) in [7, 11) is -0.666. The Morgan fingerprint density at radius 1 is 1.20 bits per heavy atom. The number of aromatic nitrogens is 1. The molecular formula is C33H34Cl2FN3O5S. The number of nitrogens with zero attached hydrogens (tertiary/aromatic N) is 2. The number of aliphatic hydroxyl groups is 1. The maximum absolute atomic E-state index is 15.3. The van der Waals surface area contributed by atoms with Crippen LogP contribution in [0.1, 0.15) is 79.5 Å². The van der Waals surface area contributed by atoms with Crippen LogP contribution in [0.3, 0.4) is 0 Å². The van der Waals surface area contributed by atoms with Crippen molar-refractivity contribution < 1.29 is 28.3 Å². The van der Waals surface area contributed by atoms with Crippen LogP contribution >= 0.6 is 33.9 Å². The van der Waals surface area contributed by atoms with E-state index < -0.39 is 28.5 Å². The van der Waals surface area contributed by atoms with Crippen LogP contribution in [0.15, 0.2) is 40.9 Å². The molecule has 4 aliphatic rings. The fourth-order valence-electron chi connectivity index (χ4n) is 7.08. The minimum Gasteiger partial charge on any atom is -0.392 e. The molecule has 8 nitrogen and oxygen atoms in total. The summed E-state index contributed by atoms with van der Waals surface area (Å²) < 4.78 is 30.4. The summed E-state index contributed by atoms with van der Waals surface area (Å²) in [6, 6.07) is 9.47. The SMILES string of the molecule is C/C=S(\NC(=O)c1ccc(N2C(=O)[C@@H]3C[C@H]2C[C@H]3OCc2c(-c3c(Cl)cccc3Cl)noc2C2CC2)cc1F)[C@@H]1CCC[C@H]1O. The number of rotatable bonds is 9. The lowest BCUT2D eigenvalue weighted by Gasteiger charge is -2.31. The Bertz CT molecular complexity index is 1670. The highest BCUT2D eigenvalue weighted by atomic mass is 35.5. The van der Waals surface area contributed by atoms with Gasteiger partial charge in [0.2, 0.25) is 5.91 Å². The number of aliphatic hydroxyl groups excluding tert-OH is 1. The minimum atomic E-state index is -0.689. The molecule has 1 aromatic heterocycles. The van der Waals surface area contributed by atoms with Crippen LogP contribution in [0.2, 0.25) is 10.0 Å².